The van der Waals surface area contributed by atoms with E-state index in [1.807, 2.05) is 6.92 Å². The summed E-state index contributed by atoms with van der Waals surface area (Å²) in [5, 5.41) is 9.00. The molecule has 1 fully saturated rings. The van der Waals surface area contributed by atoms with E-state index in [0.29, 0.717) is 5.92 Å². The van der Waals surface area contributed by atoms with Crippen LogP contribution in [0.15, 0.2) is 0 Å². The molecule has 0 aliphatic heterocycles. The molecule has 0 spiro atoms. The Kier molecular flexibility index (Phi) is 4.14. The normalized spacial score (nSPS) is 23.7. The lowest BCUT2D eigenvalue weighted by molar-refractivity contribution is -0.141. The number of aliphatic carboxylic acids is 1. The first-order valence-electron chi connectivity index (χ1n) is 5.98. The van der Waals surface area contributed by atoms with Crippen LogP contribution in [0.25, 0.3) is 0 Å². The molecule has 3 nitrogen and oxygen atoms in total. The Bertz CT molecular complexity index is 224. The van der Waals surface area contributed by atoms with E-state index in [1.165, 1.54) is 12.8 Å². The highest BCUT2D eigenvalue weighted by Gasteiger charge is 2.41. The van der Waals surface area contributed by atoms with Crippen LogP contribution in [-0.2, 0) is 4.79 Å². The van der Waals surface area contributed by atoms with Crippen molar-refractivity contribution in [2.75, 3.05) is 0 Å². The van der Waals surface area contributed by atoms with E-state index in [1.54, 1.807) is 0 Å². The second kappa shape index (κ2) is 4.97. The Morgan fingerprint density at radius 3 is 2.47 bits per heavy atom. The van der Waals surface area contributed by atoms with Crippen molar-refractivity contribution >= 4 is 5.97 Å². The summed E-state index contributed by atoms with van der Waals surface area (Å²) in [4.78, 5) is 10.9. The number of hydrogen-bond acceptors (Lipinski definition) is 2. The first-order chi connectivity index (χ1) is 7.00. The molecule has 3 heteroatoms. The highest BCUT2D eigenvalue weighted by Crippen LogP contribution is 2.44. The van der Waals surface area contributed by atoms with E-state index in [4.69, 9.17) is 10.8 Å². The maximum absolute atomic E-state index is 10.9. The summed E-state index contributed by atoms with van der Waals surface area (Å²) in [6.45, 7) is 4.10. The van der Waals surface area contributed by atoms with Gasteiger partial charge in [-0.15, -0.1) is 0 Å². The van der Waals surface area contributed by atoms with E-state index in [-0.39, 0.29) is 17.9 Å². The van der Waals surface area contributed by atoms with Crippen LogP contribution < -0.4 is 5.73 Å². The molecule has 0 amide bonds. The van der Waals surface area contributed by atoms with Gasteiger partial charge in [0, 0.05) is 6.04 Å². The van der Waals surface area contributed by atoms with Gasteiger partial charge in [0.25, 0.3) is 0 Å². The van der Waals surface area contributed by atoms with Gasteiger partial charge in [-0.3, -0.25) is 4.79 Å². The van der Waals surface area contributed by atoms with E-state index in [0.717, 1.165) is 19.3 Å². The van der Waals surface area contributed by atoms with Crippen molar-refractivity contribution in [2.45, 2.75) is 58.4 Å². The van der Waals surface area contributed by atoms with Crippen molar-refractivity contribution in [3.63, 3.8) is 0 Å². The summed E-state index contributed by atoms with van der Waals surface area (Å²) in [5.41, 5.74) is 5.91. The zero-order valence-electron chi connectivity index (χ0n) is 9.83. The molecule has 2 unspecified atom stereocenters. The molecule has 0 radical (unpaired) electrons. The predicted octanol–water partition coefficient (Wildman–Crippen LogP) is 2.39. The van der Waals surface area contributed by atoms with E-state index >= 15 is 0 Å². The third kappa shape index (κ3) is 2.71. The van der Waals surface area contributed by atoms with Gasteiger partial charge in [-0.1, -0.05) is 26.7 Å². The summed E-state index contributed by atoms with van der Waals surface area (Å²) in [6, 6.07) is 0.0108. The minimum atomic E-state index is -0.715. The maximum atomic E-state index is 10.9. The summed E-state index contributed by atoms with van der Waals surface area (Å²) >= 11 is 0. The van der Waals surface area contributed by atoms with E-state index in [2.05, 4.69) is 6.92 Å². The lowest BCUT2D eigenvalue weighted by atomic mass is 9.68. The predicted molar refractivity (Wildman–Crippen MR) is 60.6 cm³/mol. The van der Waals surface area contributed by atoms with Crippen LogP contribution in [-0.4, -0.2) is 17.1 Å². The Balaban J connectivity index is 2.78. The number of nitrogens with two attached hydrogens (primary N) is 1. The minimum absolute atomic E-state index is 0.0108. The van der Waals surface area contributed by atoms with Gasteiger partial charge in [0.15, 0.2) is 0 Å². The Labute approximate surface area is 92.0 Å². The van der Waals surface area contributed by atoms with Gasteiger partial charge >= 0.3 is 5.97 Å². The molecule has 2 atom stereocenters. The molecule has 0 aromatic heterocycles. The quantitative estimate of drug-likeness (QED) is 0.737. The van der Waals surface area contributed by atoms with Crippen LogP contribution in [0.4, 0.5) is 0 Å². The summed E-state index contributed by atoms with van der Waals surface area (Å²) in [5.74, 6) is -0.211. The molecule has 15 heavy (non-hydrogen) atoms. The smallest absolute Gasteiger partial charge is 0.303 e. The molecule has 88 valence electrons. The fourth-order valence-electron chi connectivity index (χ4n) is 2.96. The monoisotopic (exact) mass is 213 g/mol. The Morgan fingerprint density at radius 2 is 2.07 bits per heavy atom. The van der Waals surface area contributed by atoms with Crippen LogP contribution >= 0.6 is 0 Å². The molecular weight excluding hydrogens is 190 g/mol. The van der Waals surface area contributed by atoms with Crippen LogP contribution in [0.5, 0.6) is 0 Å². The Morgan fingerprint density at radius 1 is 1.53 bits per heavy atom. The molecule has 0 saturated heterocycles. The number of hydrogen-bond donors (Lipinski definition) is 2. The van der Waals surface area contributed by atoms with Crippen LogP contribution in [0, 0.1) is 11.3 Å². The number of carbonyl (C=O) groups is 1. The molecule has 1 aliphatic rings. The molecule has 0 aromatic carbocycles. The molecule has 3 N–H and O–H groups in total. The molecule has 1 rings (SSSR count). The average Bonchev–Trinajstić information content (AvgIpc) is 2.68. The zero-order chi connectivity index (χ0) is 11.5. The summed E-state index contributed by atoms with van der Waals surface area (Å²) < 4.78 is 0. The number of rotatable bonds is 5. The maximum Gasteiger partial charge on any atom is 0.303 e. The van der Waals surface area contributed by atoms with Crippen LogP contribution in [0.2, 0.25) is 0 Å². The fourth-order valence-corrected chi connectivity index (χ4v) is 2.96. The summed E-state index contributed by atoms with van der Waals surface area (Å²) in [6.07, 6.45) is 5.84. The topological polar surface area (TPSA) is 63.3 Å². The van der Waals surface area contributed by atoms with E-state index in [9.17, 15) is 4.79 Å². The van der Waals surface area contributed by atoms with Gasteiger partial charge in [-0.2, -0.15) is 0 Å². The second-order valence-corrected chi connectivity index (χ2v) is 5.07. The van der Waals surface area contributed by atoms with Crippen LogP contribution in [0.1, 0.15) is 52.4 Å². The van der Waals surface area contributed by atoms with Crippen molar-refractivity contribution in [3.05, 3.63) is 0 Å². The molecule has 0 aromatic rings. The van der Waals surface area contributed by atoms with Crippen LogP contribution in [0.3, 0.4) is 0 Å². The lowest BCUT2D eigenvalue weighted by Crippen LogP contribution is -2.45. The molecule has 0 bridgehead atoms. The van der Waals surface area contributed by atoms with Gasteiger partial charge in [0.1, 0.15) is 0 Å². The third-order valence-electron chi connectivity index (χ3n) is 4.11. The van der Waals surface area contributed by atoms with Crippen molar-refractivity contribution in [1.29, 1.82) is 0 Å². The first-order valence-corrected chi connectivity index (χ1v) is 5.98. The molecule has 1 aliphatic carbocycles. The highest BCUT2D eigenvalue weighted by molar-refractivity contribution is 5.67. The standard InChI is InChI=1S/C12H23NO2/c1-3-10(13)12(2,8-11(14)15)9-6-4-5-7-9/h9-10H,3-8,13H2,1-2H3,(H,14,15). The average molecular weight is 213 g/mol. The number of carboxylic acids is 1. The summed E-state index contributed by atoms with van der Waals surface area (Å²) in [7, 11) is 0. The van der Waals surface area contributed by atoms with Gasteiger partial charge in [0.2, 0.25) is 0 Å². The van der Waals surface area contributed by atoms with Gasteiger partial charge < -0.3 is 10.8 Å². The van der Waals surface area contributed by atoms with Crippen molar-refractivity contribution in [2.24, 2.45) is 17.1 Å². The van der Waals surface area contributed by atoms with Gasteiger partial charge in [-0.25, -0.2) is 0 Å². The molecule has 0 heterocycles. The van der Waals surface area contributed by atoms with Gasteiger partial charge in [-0.05, 0) is 30.6 Å². The zero-order valence-corrected chi connectivity index (χ0v) is 9.83. The SMILES string of the molecule is CCC(N)C(C)(CC(=O)O)C1CCCC1. The van der Waals surface area contributed by atoms with Crippen molar-refractivity contribution in [1.82, 2.24) is 0 Å². The largest absolute Gasteiger partial charge is 0.481 e. The first kappa shape index (κ1) is 12.5. The Hall–Kier alpha value is -0.570. The molecule has 1 saturated carbocycles. The number of carboxylic acid groups (broad SMARTS) is 1. The van der Waals surface area contributed by atoms with E-state index < -0.39 is 5.97 Å². The fraction of sp³-hybridized carbons (Fsp3) is 0.917. The second-order valence-electron chi connectivity index (χ2n) is 5.07. The lowest BCUT2D eigenvalue weighted by Gasteiger charge is -2.39. The minimum Gasteiger partial charge on any atom is -0.481 e. The third-order valence-corrected chi connectivity index (χ3v) is 4.11. The van der Waals surface area contributed by atoms with Gasteiger partial charge in [0.05, 0.1) is 6.42 Å². The van der Waals surface area contributed by atoms with Crippen molar-refractivity contribution < 1.29 is 9.90 Å². The van der Waals surface area contributed by atoms with Crippen molar-refractivity contribution in [3.8, 4) is 0 Å². The molecular formula is C12H23NO2. The highest BCUT2D eigenvalue weighted by atomic mass is 16.4.